The molecular weight excluding hydrogens is 438 g/mol. The van der Waals surface area contributed by atoms with Gasteiger partial charge in [-0.2, -0.15) is 4.98 Å². The van der Waals surface area contributed by atoms with Crippen molar-refractivity contribution in [3.8, 4) is 34.4 Å². The van der Waals surface area contributed by atoms with E-state index in [4.69, 9.17) is 23.5 Å². The van der Waals surface area contributed by atoms with Crippen LogP contribution in [0.4, 0.5) is 0 Å². The summed E-state index contributed by atoms with van der Waals surface area (Å²) in [6.07, 6.45) is 0.345. The van der Waals surface area contributed by atoms with Crippen LogP contribution in [0.1, 0.15) is 37.6 Å². The van der Waals surface area contributed by atoms with Crippen molar-refractivity contribution in [3.05, 3.63) is 47.9 Å². The second-order valence-corrected chi connectivity index (χ2v) is 8.35. The number of aromatic nitrogens is 2. The fourth-order valence-electron chi connectivity index (χ4n) is 3.97. The van der Waals surface area contributed by atoms with Crippen LogP contribution in [0, 0.1) is 0 Å². The summed E-state index contributed by atoms with van der Waals surface area (Å²) in [6, 6.07) is 11.1. The first-order valence-corrected chi connectivity index (χ1v) is 11.1. The van der Waals surface area contributed by atoms with Crippen LogP contribution >= 0.6 is 0 Å². The lowest BCUT2D eigenvalue weighted by molar-refractivity contribution is -0.128. The summed E-state index contributed by atoms with van der Waals surface area (Å²) in [7, 11) is 4.77. The van der Waals surface area contributed by atoms with Crippen LogP contribution < -0.4 is 18.9 Å². The summed E-state index contributed by atoms with van der Waals surface area (Å²) < 4.78 is 27.4. The first kappa shape index (κ1) is 23.4. The molecule has 1 unspecified atom stereocenters. The van der Waals surface area contributed by atoms with Gasteiger partial charge < -0.3 is 28.4 Å². The lowest BCUT2D eigenvalue weighted by atomic mass is 10.1. The molecule has 0 aliphatic carbocycles. The van der Waals surface area contributed by atoms with E-state index in [-0.39, 0.29) is 17.9 Å². The molecule has 1 saturated heterocycles. The van der Waals surface area contributed by atoms with Crippen LogP contribution in [-0.4, -0.2) is 54.9 Å². The minimum absolute atomic E-state index is 0.0263. The third-order valence-electron chi connectivity index (χ3n) is 5.61. The molecule has 180 valence electrons. The molecule has 1 aromatic heterocycles. The minimum Gasteiger partial charge on any atom is -0.493 e. The van der Waals surface area contributed by atoms with Gasteiger partial charge in [-0.3, -0.25) is 4.79 Å². The van der Waals surface area contributed by atoms with Crippen molar-refractivity contribution in [1.29, 1.82) is 0 Å². The number of carbonyl (C=O) groups excluding carboxylic acids is 1. The highest BCUT2D eigenvalue weighted by atomic mass is 16.5. The van der Waals surface area contributed by atoms with Crippen molar-refractivity contribution in [2.24, 2.45) is 0 Å². The summed E-state index contributed by atoms with van der Waals surface area (Å²) in [5.41, 5.74) is 1.70. The van der Waals surface area contributed by atoms with Gasteiger partial charge in [0.15, 0.2) is 23.0 Å². The number of likely N-dealkylation sites (tertiary alicyclic amines) is 1. The lowest BCUT2D eigenvalue weighted by Gasteiger charge is -2.17. The summed E-state index contributed by atoms with van der Waals surface area (Å²) >= 11 is 0. The van der Waals surface area contributed by atoms with Crippen molar-refractivity contribution < 1.29 is 28.3 Å². The molecule has 0 saturated carbocycles. The van der Waals surface area contributed by atoms with Gasteiger partial charge in [0, 0.05) is 25.1 Å². The molecule has 1 aliphatic rings. The van der Waals surface area contributed by atoms with E-state index in [2.05, 4.69) is 10.1 Å². The second kappa shape index (κ2) is 10.0. The molecule has 9 heteroatoms. The molecule has 2 heterocycles. The fraction of sp³-hybridized carbons (Fsp3) is 0.400. The Morgan fingerprint density at radius 2 is 1.71 bits per heavy atom. The Morgan fingerprint density at radius 3 is 2.41 bits per heavy atom. The predicted octanol–water partition coefficient (Wildman–Crippen LogP) is 4.07. The fourth-order valence-corrected chi connectivity index (χ4v) is 3.97. The van der Waals surface area contributed by atoms with Gasteiger partial charge in [-0.05, 0) is 49.7 Å². The molecule has 9 nitrogen and oxygen atoms in total. The molecule has 1 fully saturated rings. The molecule has 34 heavy (non-hydrogen) atoms. The molecule has 2 aromatic carbocycles. The van der Waals surface area contributed by atoms with Crippen LogP contribution in [0.15, 0.2) is 40.9 Å². The van der Waals surface area contributed by atoms with Gasteiger partial charge in [-0.15, -0.1) is 0 Å². The average Bonchev–Trinajstić information content (AvgIpc) is 3.46. The smallest absolute Gasteiger partial charge is 0.232 e. The number of hydrogen-bond donors (Lipinski definition) is 0. The summed E-state index contributed by atoms with van der Waals surface area (Å²) in [5.74, 6) is 3.28. The Morgan fingerprint density at radius 1 is 1.00 bits per heavy atom. The zero-order valence-electron chi connectivity index (χ0n) is 20.0. The van der Waals surface area contributed by atoms with Gasteiger partial charge in [0.1, 0.15) is 0 Å². The molecular formula is C25H29N3O6. The van der Waals surface area contributed by atoms with E-state index in [1.807, 2.05) is 50.2 Å². The Labute approximate surface area is 198 Å². The Bertz CT molecular complexity index is 1160. The van der Waals surface area contributed by atoms with Crippen LogP contribution in [0.5, 0.6) is 23.0 Å². The van der Waals surface area contributed by atoms with Gasteiger partial charge in [0.25, 0.3) is 0 Å². The number of hydrogen-bond acceptors (Lipinski definition) is 8. The highest BCUT2D eigenvalue weighted by molar-refractivity contribution is 5.79. The van der Waals surface area contributed by atoms with Gasteiger partial charge >= 0.3 is 0 Å². The number of ether oxygens (including phenoxy) is 4. The third-order valence-corrected chi connectivity index (χ3v) is 5.61. The van der Waals surface area contributed by atoms with Gasteiger partial charge in [0.05, 0.1) is 33.4 Å². The molecule has 0 bridgehead atoms. The number of rotatable bonds is 9. The van der Waals surface area contributed by atoms with Crippen molar-refractivity contribution >= 4 is 5.91 Å². The van der Waals surface area contributed by atoms with E-state index in [0.29, 0.717) is 54.2 Å². The largest absolute Gasteiger partial charge is 0.493 e. The standard InChI is InChI=1S/C25H29N3O6/c1-15(2)33-20-9-7-17(11-22(20)32-5)24-26-25(34-27-24)18-12-23(29)28(14-18)13-16-6-8-19(30-3)21(10-16)31-4/h6-11,15,18H,12-14H2,1-5H3. The predicted molar refractivity (Wildman–Crippen MR) is 124 cm³/mol. The molecule has 1 aliphatic heterocycles. The van der Waals surface area contributed by atoms with E-state index >= 15 is 0 Å². The van der Waals surface area contributed by atoms with E-state index in [9.17, 15) is 4.79 Å². The number of carbonyl (C=O) groups is 1. The molecule has 3 aromatic rings. The SMILES string of the molecule is COc1ccc(CN2CC(c3nc(-c4ccc(OC(C)C)c(OC)c4)no3)CC2=O)cc1OC. The Balaban J connectivity index is 1.47. The van der Waals surface area contributed by atoms with E-state index < -0.39 is 0 Å². The minimum atomic E-state index is -0.167. The number of nitrogens with zero attached hydrogens (tertiary/aromatic N) is 3. The maximum atomic E-state index is 12.7. The highest BCUT2D eigenvalue weighted by Gasteiger charge is 2.34. The zero-order chi connectivity index (χ0) is 24.2. The first-order chi connectivity index (χ1) is 16.4. The lowest BCUT2D eigenvalue weighted by Crippen LogP contribution is -2.24. The number of methoxy groups -OCH3 is 3. The van der Waals surface area contributed by atoms with E-state index in [0.717, 1.165) is 11.1 Å². The van der Waals surface area contributed by atoms with Crippen LogP contribution in [0.25, 0.3) is 11.4 Å². The molecule has 0 spiro atoms. The monoisotopic (exact) mass is 467 g/mol. The van der Waals surface area contributed by atoms with Crippen LogP contribution in [0.3, 0.4) is 0 Å². The summed E-state index contributed by atoms with van der Waals surface area (Å²) in [5, 5.41) is 4.13. The molecule has 1 amide bonds. The Hall–Kier alpha value is -3.75. The van der Waals surface area contributed by atoms with Crippen LogP contribution in [0.2, 0.25) is 0 Å². The first-order valence-electron chi connectivity index (χ1n) is 11.1. The highest BCUT2D eigenvalue weighted by Crippen LogP contribution is 2.35. The topological polar surface area (TPSA) is 96.2 Å². The van der Waals surface area contributed by atoms with Gasteiger partial charge in [-0.1, -0.05) is 11.2 Å². The van der Waals surface area contributed by atoms with Crippen molar-refractivity contribution in [2.75, 3.05) is 27.9 Å². The quantitative estimate of drug-likeness (QED) is 0.465. The van der Waals surface area contributed by atoms with Crippen LogP contribution in [-0.2, 0) is 11.3 Å². The number of benzene rings is 2. The molecule has 4 rings (SSSR count). The maximum absolute atomic E-state index is 12.7. The maximum Gasteiger partial charge on any atom is 0.232 e. The van der Waals surface area contributed by atoms with Crippen molar-refractivity contribution in [2.45, 2.75) is 38.8 Å². The van der Waals surface area contributed by atoms with Gasteiger partial charge in [0.2, 0.25) is 17.6 Å². The second-order valence-electron chi connectivity index (χ2n) is 8.35. The molecule has 0 radical (unpaired) electrons. The normalized spacial score (nSPS) is 15.6. The van der Waals surface area contributed by atoms with E-state index in [1.54, 1.807) is 26.2 Å². The average molecular weight is 468 g/mol. The summed E-state index contributed by atoms with van der Waals surface area (Å²) in [6.45, 7) is 4.87. The third kappa shape index (κ3) is 4.93. The number of amides is 1. The Kier molecular flexibility index (Phi) is 6.90. The van der Waals surface area contributed by atoms with E-state index in [1.165, 1.54) is 0 Å². The summed E-state index contributed by atoms with van der Waals surface area (Å²) in [4.78, 5) is 19.0. The van der Waals surface area contributed by atoms with Gasteiger partial charge in [-0.25, -0.2) is 0 Å². The zero-order valence-corrected chi connectivity index (χ0v) is 20.0. The van der Waals surface area contributed by atoms with Crippen molar-refractivity contribution in [3.63, 3.8) is 0 Å². The molecule has 1 atom stereocenters. The molecule has 0 N–H and O–H groups in total. The van der Waals surface area contributed by atoms with Crippen molar-refractivity contribution in [1.82, 2.24) is 15.0 Å².